The first kappa shape index (κ1) is 29.6. The number of unbranched alkanes of at least 4 members (excludes halogenated alkanes) is 1. The predicted molar refractivity (Wildman–Crippen MR) is 145 cm³/mol. The van der Waals surface area contributed by atoms with E-state index in [1.165, 1.54) is 6.92 Å². The Kier molecular flexibility index (Phi) is 10.4. The van der Waals surface area contributed by atoms with Gasteiger partial charge in [-0.3, -0.25) is 14.4 Å². The summed E-state index contributed by atoms with van der Waals surface area (Å²) in [6.45, 7) is 6.76. The van der Waals surface area contributed by atoms with E-state index in [4.69, 9.17) is 14.3 Å². The summed E-state index contributed by atoms with van der Waals surface area (Å²) in [5.41, 5.74) is 5.94. The van der Waals surface area contributed by atoms with E-state index in [-0.39, 0.29) is 24.9 Å². The number of Topliss-reactive ketones (excluding diaryl/α,β-unsaturated/α-hetero) is 1. The Hall–Kier alpha value is -3.92. The fraction of sp³-hybridized carbons (Fsp3) is 0.448. The van der Waals surface area contributed by atoms with Gasteiger partial charge in [0.15, 0.2) is 12.4 Å². The average Bonchev–Trinajstić information content (AvgIpc) is 3.19. The molecule has 0 radical (unpaired) electrons. The van der Waals surface area contributed by atoms with Crippen molar-refractivity contribution in [2.24, 2.45) is 0 Å². The third kappa shape index (κ3) is 9.10. The van der Waals surface area contributed by atoms with Gasteiger partial charge in [-0.05, 0) is 69.2 Å². The molecule has 1 unspecified atom stereocenters. The minimum Gasteiger partial charge on any atom is -0.447 e. The molecule has 39 heavy (non-hydrogen) atoms. The minimum atomic E-state index is -0.780. The van der Waals surface area contributed by atoms with Gasteiger partial charge in [0.2, 0.25) is 5.91 Å². The molecule has 0 bridgehead atoms. The van der Waals surface area contributed by atoms with E-state index in [2.05, 4.69) is 28.2 Å². The SMILES string of the molecule is CC(=O)C(CCCCNC(=O)CONC(=O)OCC1c2ccccc2-c2ccccc21)NC(=O)OC(C)(C)C. The molecular weight excluding hydrogens is 502 g/mol. The fourth-order valence-electron chi connectivity index (χ4n) is 4.37. The van der Waals surface area contributed by atoms with Crippen molar-refractivity contribution in [3.63, 3.8) is 0 Å². The molecule has 0 heterocycles. The molecule has 3 amide bonds. The largest absolute Gasteiger partial charge is 0.447 e. The normalized spacial score (nSPS) is 13.0. The van der Waals surface area contributed by atoms with E-state index in [1.54, 1.807) is 20.8 Å². The highest BCUT2D eigenvalue weighted by Crippen LogP contribution is 2.44. The molecular formula is C29H37N3O7. The van der Waals surface area contributed by atoms with Gasteiger partial charge in [0.05, 0.1) is 6.04 Å². The number of benzene rings is 2. The first-order valence-corrected chi connectivity index (χ1v) is 13.0. The zero-order valence-corrected chi connectivity index (χ0v) is 22.9. The van der Waals surface area contributed by atoms with Gasteiger partial charge in [-0.15, -0.1) is 0 Å². The monoisotopic (exact) mass is 539 g/mol. The molecule has 0 aliphatic heterocycles. The van der Waals surface area contributed by atoms with Crippen molar-refractivity contribution in [2.75, 3.05) is 19.8 Å². The van der Waals surface area contributed by atoms with Crippen LogP contribution in [0.3, 0.4) is 0 Å². The Morgan fingerprint density at radius 2 is 1.51 bits per heavy atom. The first-order chi connectivity index (χ1) is 18.5. The smallest absolute Gasteiger partial charge is 0.431 e. The van der Waals surface area contributed by atoms with Crippen molar-refractivity contribution in [3.05, 3.63) is 59.7 Å². The summed E-state index contributed by atoms with van der Waals surface area (Å²) in [7, 11) is 0. The van der Waals surface area contributed by atoms with Crippen molar-refractivity contribution in [2.45, 2.75) is 64.5 Å². The second-order valence-corrected chi connectivity index (χ2v) is 10.4. The Balaban J connectivity index is 1.30. The van der Waals surface area contributed by atoms with Gasteiger partial charge in [-0.2, -0.15) is 5.48 Å². The summed E-state index contributed by atoms with van der Waals surface area (Å²) in [5.74, 6) is -0.657. The lowest BCUT2D eigenvalue weighted by molar-refractivity contribution is -0.127. The molecule has 0 spiro atoms. The van der Waals surface area contributed by atoms with Crippen molar-refractivity contribution in [3.8, 4) is 11.1 Å². The second-order valence-electron chi connectivity index (χ2n) is 10.4. The highest BCUT2D eigenvalue weighted by molar-refractivity contribution is 5.85. The van der Waals surface area contributed by atoms with Gasteiger partial charge in [0, 0.05) is 12.5 Å². The van der Waals surface area contributed by atoms with Crippen LogP contribution < -0.4 is 16.1 Å². The molecule has 3 rings (SSSR count). The Morgan fingerprint density at radius 1 is 0.897 bits per heavy atom. The molecule has 1 aliphatic carbocycles. The standard InChI is InChI=1S/C29H37N3O7/c1-19(33)25(31-27(35)39-29(2,3)4)15-9-10-16-30-26(34)18-38-32-28(36)37-17-24-22-13-7-5-11-20(22)21-12-6-8-14-23(21)24/h5-8,11-14,24-25H,9-10,15-18H2,1-4H3,(H,30,34)(H,31,35)(H,32,36). The molecule has 1 aliphatic rings. The first-order valence-electron chi connectivity index (χ1n) is 13.0. The number of ketones is 1. The van der Waals surface area contributed by atoms with Gasteiger partial charge in [0.1, 0.15) is 12.2 Å². The maximum atomic E-state index is 12.1. The molecule has 210 valence electrons. The lowest BCUT2D eigenvalue weighted by atomic mass is 9.98. The number of hydrogen-bond donors (Lipinski definition) is 3. The van der Waals surface area contributed by atoms with Crippen LogP contribution >= 0.6 is 0 Å². The quantitative estimate of drug-likeness (QED) is 0.272. The molecule has 2 aromatic carbocycles. The van der Waals surface area contributed by atoms with Gasteiger partial charge >= 0.3 is 12.2 Å². The molecule has 0 saturated heterocycles. The molecule has 3 N–H and O–H groups in total. The van der Waals surface area contributed by atoms with Gasteiger partial charge in [-0.1, -0.05) is 48.5 Å². The summed E-state index contributed by atoms with van der Waals surface area (Å²) in [5, 5.41) is 5.26. The fourth-order valence-corrected chi connectivity index (χ4v) is 4.37. The van der Waals surface area contributed by atoms with E-state index in [9.17, 15) is 19.2 Å². The average molecular weight is 540 g/mol. The number of nitrogens with one attached hydrogen (secondary N) is 3. The number of hydroxylamine groups is 1. The number of alkyl carbamates (subject to hydrolysis) is 1. The number of rotatable bonds is 12. The number of carbonyl (C=O) groups excluding carboxylic acids is 4. The van der Waals surface area contributed by atoms with Crippen LogP contribution in [0, 0.1) is 0 Å². The molecule has 10 nitrogen and oxygen atoms in total. The molecule has 1 atom stereocenters. The topological polar surface area (TPSA) is 132 Å². The highest BCUT2D eigenvalue weighted by Gasteiger charge is 2.29. The Bertz CT molecular complexity index is 1130. The van der Waals surface area contributed by atoms with Crippen LogP contribution in [0.4, 0.5) is 9.59 Å². The van der Waals surface area contributed by atoms with E-state index in [1.807, 2.05) is 36.4 Å². The van der Waals surface area contributed by atoms with Crippen molar-refractivity contribution >= 4 is 23.9 Å². The van der Waals surface area contributed by atoms with Crippen LogP contribution in [-0.4, -0.2) is 55.3 Å². The maximum absolute atomic E-state index is 12.1. The van der Waals surface area contributed by atoms with Gasteiger partial charge < -0.3 is 20.1 Å². The molecule has 10 heteroatoms. The minimum absolute atomic E-state index is 0.0756. The third-order valence-corrected chi connectivity index (χ3v) is 6.13. The van der Waals surface area contributed by atoms with Crippen molar-refractivity contribution < 1.29 is 33.5 Å². The third-order valence-electron chi connectivity index (χ3n) is 6.13. The molecule has 0 fully saturated rings. The lowest BCUT2D eigenvalue weighted by Crippen LogP contribution is -2.42. The summed E-state index contributed by atoms with van der Waals surface area (Å²) in [6, 6.07) is 15.4. The van der Waals surface area contributed by atoms with Crippen molar-refractivity contribution in [1.29, 1.82) is 0 Å². The van der Waals surface area contributed by atoms with Crippen LogP contribution in [0.1, 0.15) is 64.0 Å². The van der Waals surface area contributed by atoms with E-state index >= 15 is 0 Å². The summed E-state index contributed by atoms with van der Waals surface area (Å²) < 4.78 is 10.5. The number of fused-ring (bicyclic) bond motifs is 3. The Morgan fingerprint density at radius 3 is 2.10 bits per heavy atom. The molecule has 2 aromatic rings. The molecule has 0 saturated carbocycles. The van der Waals surface area contributed by atoms with Crippen LogP contribution in [0.5, 0.6) is 0 Å². The molecule has 0 aromatic heterocycles. The summed E-state index contributed by atoms with van der Waals surface area (Å²) >= 11 is 0. The zero-order chi connectivity index (χ0) is 28.4. The number of amides is 3. The van der Waals surface area contributed by atoms with Gasteiger partial charge in [-0.25, -0.2) is 9.59 Å². The van der Waals surface area contributed by atoms with Crippen LogP contribution in [0.2, 0.25) is 0 Å². The number of hydrogen-bond acceptors (Lipinski definition) is 7. The maximum Gasteiger partial charge on any atom is 0.431 e. The van der Waals surface area contributed by atoms with E-state index in [0.717, 1.165) is 22.3 Å². The lowest BCUT2D eigenvalue weighted by Gasteiger charge is -2.22. The van der Waals surface area contributed by atoms with E-state index < -0.39 is 29.7 Å². The number of ether oxygens (including phenoxy) is 2. The Labute approximate surface area is 228 Å². The van der Waals surface area contributed by atoms with Crippen LogP contribution in [0.25, 0.3) is 11.1 Å². The van der Waals surface area contributed by atoms with Crippen LogP contribution in [-0.2, 0) is 23.9 Å². The van der Waals surface area contributed by atoms with E-state index in [0.29, 0.717) is 25.8 Å². The number of carbonyl (C=O) groups is 4. The zero-order valence-electron chi connectivity index (χ0n) is 22.9. The van der Waals surface area contributed by atoms with Crippen LogP contribution in [0.15, 0.2) is 48.5 Å². The summed E-state index contributed by atoms with van der Waals surface area (Å²) in [4.78, 5) is 52.8. The highest BCUT2D eigenvalue weighted by atomic mass is 16.7. The predicted octanol–water partition coefficient (Wildman–Crippen LogP) is 4.23. The van der Waals surface area contributed by atoms with Gasteiger partial charge in [0.25, 0.3) is 0 Å². The second kappa shape index (κ2) is 13.7. The van der Waals surface area contributed by atoms with Crippen molar-refractivity contribution in [1.82, 2.24) is 16.1 Å². The summed E-state index contributed by atoms with van der Waals surface area (Å²) in [6.07, 6.45) is 0.184.